The predicted octanol–water partition coefficient (Wildman–Crippen LogP) is 2.88. The van der Waals surface area contributed by atoms with E-state index in [9.17, 15) is 14.9 Å². The Labute approximate surface area is 133 Å². The van der Waals surface area contributed by atoms with Gasteiger partial charge in [-0.25, -0.2) is 0 Å². The first-order chi connectivity index (χ1) is 10.7. The summed E-state index contributed by atoms with van der Waals surface area (Å²) in [6.45, 7) is 6.13. The van der Waals surface area contributed by atoms with Gasteiger partial charge in [-0.15, -0.1) is 0 Å². The molecule has 0 atom stereocenters. The van der Waals surface area contributed by atoms with Gasteiger partial charge >= 0.3 is 5.69 Å². The van der Waals surface area contributed by atoms with Crippen LogP contribution in [0.4, 0.5) is 11.4 Å². The second kappa shape index (κ2) is 6.07. The SMILES string of the molecule is COc1ccc(C(C)(C)C)cc1NC(=O)c1[nH]ncc1[N+](=O)[O-]. The molecule has 1 aromatic heterocycles. The van der Waals surface area contributed by atoms with Crippen molar-refractivity contribution >= 4 is 17.3 Å². The highest BCUT2D eigenvalue weighted by Gasteiger charge is 2.24. The predicted molar refractivity (Wildman–Crippen MR) is 84.9 cm³/mol. The molecular formula is C15H18N4O4. The highest BCUT2D eigenvalue weighted by molar-refractivity contribution is 6.06. The van der Waals surface area contributed by atoms with Gasteiger partial charge in [-0.3, -0.25) is 20.0 Å². The van der Waals surface area contributed by atoms with Crippen LogP contribution in [0, 0.1) is 10.1 Å². The van der Waals surface area contributed by atoms with Gasteiger partial charge in [-0.2, -0.15) is 5.10 Å². The summed E-state index contributed by atoms with van der Waals surface area (Å²) in [5.74, 6) is -0.188. The van der Waals surface area contributed by atoms with Crippen LogP contribution in [-0.2, 0) is 5.41 Å². The summed E-state index contributed by atoms with van der Waals surface area (Å²) in [6, 6.07) is 5.45. The molecule has 0 aliphatic carbocycles. The number of nitrogens with one attached hydrogen (secondary N) is 2. The molecule has 0 aliphatic heterocycles. The van der Waals surface area contributed by atoms with Crippen molar-refractivity contribution < 1.29 is 14.5 Å². The Balaban J connectivity index is 2.36. The third-order valence-electron chi connectivity index (χ3n) is 3.36. The van der Waals surface area contributed by atoms with Crippen molar-refractivity contribution in [2.45, 2.75) is 26.2 Å². The molecule has 1 aromatic carbocycles. The number of methoxy groups -OCH3 is 1. The Hall–Kier alpha value is -2.90. The molecule has 8 nitrogen and oxygen atoms in total. The zero-order valence-corrected chi connectivity index (χ0v) is 13.3. The number of hydrogen-bond donors (Lipinski definition) is 2. The summed E-state index contributed by atoms with van der Waals surface area (Å²) in [6.07, 6.45) is 0.998. The highest BCUT2D eigenvalue weighted by Crippen LogP contribution is 2.32. The van der Waals surface area contributed by atoms with Crippen molar-refractivity contribution in [2.75, 3.05) is 12.4 Å². The zero-order valence-electron chi connectivity index (χ0n) is 13.3. The van der Waals surface area contributed by atoms with Crippen molar-refractivity contribution in [1.82, 2.24) is 10.2 Å². The number of H-pyrrole nitrogens is 1. The molecule has 0 saturated heterocycles. The van der Waals surface area contributed by atoms with Crippen LogP contribution < -0.4 is 10.1 Å². The molecule has 1 amide bonds. The van der Waals surface area contributed by atoms with Crippen LogP contribution in [0.5, 0.6) is 5.75 Å². The molecule has 0 saturated carbocycles. The van der Waals surface area contributed by atoms with Crippen LogP contribution in [0.25, 0.3) is 0 Å². The maximum Gasteiger partial charge on any atom is 0.319 e. The van der Waals surface area contributed by atoms with Crippen LogP contribution in [0.2, 0.25) is 0 Å². The van der Waals surface area contributed by atoms with Gasteiger partial charge in [0.1, 0.15) is 11.9 Å². The first-order valence-electron chi connectivity index (χ1n) is 6.91. The molecule has 23 heavy (non-hydrogen) atoms. The summed E-state index contributed by atoms with van der Waals surface area (Å²) < 4.78 is 5.23. The van der Waals surface area contributed by atoms with E-state index in [-0.39, 0.29) is 16.8 Å². The summed E-state index contributed by atoms with van der Waals surface area (Å²) in [4.78, 5) is 22.5. The molecule has 0 fully saturated rings. The van der Waals surface area contributed by atoms with Crippen molar-refractivity contribution in [1.29, 1.82) is 0 Å². The molecule has 0 radical (unpaired) electrons. The lowest BCUT2D eigenvalue weighted by molar-refractivity contribution is -0.385. The molecule has 2 rings (SSSR count). The van der Waals surface area contributed by atoms with Crippen molar-refractivity contribution in [3.05, 3.63) is 45.8 Å². The number of aromatic nitrogens is 2. The van der Waals surface area contributed by atoms with Crippen LogP contribution in [0.1, 0.15) is 36.8 Å². The lowest BCUT2D eigenvalue weighted by Gasteiger charge is -2.21. The smallest absolute Gasteiger partial charge is 0.319 e. The number of benzene rings is 1. The van der Waals surface area contributed by atoms with Gasteiger partial charge in [0.2, 0.25) is 5.69 Å². The number of carbonyl (C=O) groups is 1. The van der Waals surface area contributed by atoms with Crippen LogP contribution in [-0.4, -0.2) is 28.1 Å². The molecule has 0 bridgehead atoms. The minimum Gasteiger partial charge on any atom is -0.495 e. The molecule has 0 unspecified atom stereocenters. The van der Waals surface area contributed by atoms with E-state index in [1.807, 2.05) is 26.8 Å². The van der Waals surface area contributed by atoms with Gasteiger partial charge in [0.25, 0.3) is 5.91 Å². The van der Waals surface area contributed by atoms with E-state index in [0.29, 0.717) is 11.4 Å². The number of aromatic amines is 1. The normalized spacial score (nSPS) is 11.1. The van der Waals surface area contributed by atoms with E-state index in [2.05, 4.69) is 15.5 Å². The Kier molecular flexibility index (Phi) is 4.35. The molecule has 8 heteroatoms. The maximum atomic E-state index is 12.3. The van der Waals surface area contributed by atoms with E-state index < -0.39 is 10.8 Å². The van der Waals surface area contributed by atoms with Gasteiger partial charge < -0.3 is 10.1 Å². The number of carbonyl (C=O) groups excluding carboxylic acids is 1. The third kappa shape index (κ3) is 3.47. The summed E-state index contributed by atoms with van der Waals surface area (Å²) in [5.41, 5.74) is 0.722. The number of nitro groups is 1. The zero-order chi connectivity index (χ0) is 17.2. The molecule has 0 spiro atoms. The second-order valence-electron chi connectivity index (χ2n) is 6.01. The summed E-state index contributed by atoms with van der Waals surface area (Å²) >= 11 is 0. The number of ether oxygens (including phenoxy) is 1. The van der Waals surface area contributed by atoms with Gasteiger partial charge in [0.05, 0.1) is 17.7 Å². The van der Waals surface area contributed by atoms with E-state index in [1.165, 1.54) is 7.11 Å². The quantitative estimate of drug-likeness (QED) is 0.665. The third-order valence-corrected chi connectivity index (χ3v) is 3.36. The minimum absolute atomic E-state index is 0.119. The highest BCUT2D eigenvalue weighted by atomic mass is 16.6. The summed E-state index contributed by atoms with van der Waals surface area (Å²) in [5, 5.41) is 19.4. The van der Waals surface area contributed by atoms with E-state index >= 15 is 0 Å². The largest absolute Gasteiger partial charge is 0.495 e. The number of anilines is 1. The van der Waals surface area contributed by atoms with Gasteiger partial charge in [0.15, 0.2) is 0 Å². The van der Waals surface area contributed by atoms with Crippen LogP contribution in [0.3, 0.4) is 0 Å². The Morgan fingerprint density at radius 2 is 2.09 bits per heavy atom. The molecule has 2 aromatic rings. The first kappa shape index (κ1) is 16.5. The van der Waals surface area contributed by atoms with Crippen LogP contribution in [0.15, 0.2) is 24.4 Å². The fourth-order valence-electron chi connectivity index (χ4n) is 2.04. The van der Waals surface area contributed by atoms with E-state index in [4.69, 9.17) is 4.74 Å². The van der Waals surface area contributed by atoms with Crippen LogP contribution >= 0.6 is 0 Å². The van der Waals surface area contributed by atoms with Gasteiger partial charge in [-0.05, 0) is 23.1 Å². The average Bonchev–Trinajstić information content (AvgIpc) is 2.96. The molecule has 2 N–H and O–H groups in total. The Morgan fingerprint density at radius 1 is 1.39 bits per heavy atom. The van der Waals surface area contributed by atoms with E-state index in [1.54, 1.807) is 12.1 Å². The first-order valence-corrected chi connectivity index (χ1v) is 6.91. The molecule has 0 aliphatic rings. The van der Waals surface area contributed by atoms with Crippen molar-refractivity contribution in [3.8, 4) is 5.75 Å². The Morgan fingerprint density at radius 3 is 2.65 bits per heavy atom. The standard InChI is InChI=1S/C15H18N4O4/c1-15(2,3)9-5-6-12(23-4)10(7-9)17-14(20)13-11(19(21)22)8-16-18-13/h5-8H,1-4H3,(H,16,18)(H,17,20). The maximum absolute atomic E-state index is 12.3. The minimum atomic E-state index is -0.665. The van der Waals surface area contributed by atoms with E-state index in [0.717, 1.165) is 11.8 Å². The summed E-state index contributed by atoms with van der Waals surface area (Å²) in [7, 11) is 1.49. The lowest BCUT2D eigenvalue weighted by atomic mass is 9.87. The average molecular weight is 318 g/mol. The second-order valence-corrected chi connectivity index (χ2v) is 6.01. The molecular weight excluding hydrogens is 300 g/mol. The monoisotopic (exact) mass is 318 g/mol. The molecule has 122 valence electrons. The fourth-order valence-corrected chi connectivity index (χ4v) is 2.04. The van der Waals surface area contributed by atoms with Gasteiger partial charge in [0, 0.05) is 0 Å². The fraction of sp³-hybridized carbons (Fsp3) is 0.333. The Bertz CT molecular complexity index is 746. The number of hydrogen-bond acceptors (Lipinski definition) is 5. The van der Waals surface area contributed by atoms with Crippen molar-refractivity contribution in [3.63, 3.8) is 0 Å². The topological polar surface area (TPSA) is 110 Å². The number of nitrogens with zero attached hydrogens (tertiary/aromatic N) is 2. The lowest BCUT2D eigenvalue weighted by Crippen LogP contribution is -2.16. The van der Waals surface area contributed by atoms with Gasteiger partial charge in [-0.1, -0.05) is 26.8 Å². The molecule has 1 heterocycles. The number of rotatable bonds is 4. The van der Waals surface area contributed by atoms with Crippen molar-refractivity contribution in [2.24, 2.45) is 0 Å². The number of amides is 1.